The number of anilines is 2. The van der Waals surface area contributed by atoms with Crippen LogP contribution in [0.1, 0.15) is 11.3 Å². The number of hydrogen-bond acceptors (Lipinski definition) is 7. The van der Waals surface area contributed by atoms with Gasteiger partial charge in [0.1, 0.15) is 12.4 Å². The molecule has 13 heteroatoms. The molecule has 1 unspecified atom stereocenters. The first-order valence-corrected chi connectivity index (χ1v) is 8.40. The molecule has 1 saturated heterocycles. The standard InChI is InChI=1S/C17H14F3N5O5/c1-9-6-10(17(18,19)20)7-14(21-9)24-11(8-30-16(24)27)15(26)23(2)12-4-3-5-13(22-12)25(28)29/h3-7,11H,8H2,1-2H3. The maximum Gasteiger partial charge on any atom is 0.416 e. The Kier molecular flexibility index (Phi) is 5.29. The number of ether oxygens (including phenoxy) is 1. The second kappa shape index (κ2) is 7.57. The van der Waals surface area contributed by atoms with E-state index in [1.54, 1.807) is 0 Å². The zero-order chi connectivity index (χ0) is 22.2. The van der Waals surface area contributed by atoms with Gasteiger partial charge in [-0.3, -0.25) is 9.69 Å². The van der Waals surface area contributed by atoms with Crippen LogP contribution in [0.2, 0.25) is 0 Å². The molecule has 10 nitrogen and oxygen atoms in total. The number of alkyl halides is 3. The summed E-state index contributed by atoms with van der Waals surface area (Å²) >= 11 is 0. The minimum absolute atomic E-state index is 0.0144. The van der Waals surface area contributed by atoms with Crippen molar-refractivity contribution in [3.05, 3.63) is 51.7 Å². The molecule has 0 N–H and O–H groups in total. The van der Waals surface area contributed by atoms with Crippen LogP contribution in [0.4, 0.5) is 35.4 Å². The molecule has 2 amide bonds. The molecule has 1 aliphatic rings. The predicted octanol–water partition coefficient (Wildman–Crippen LogP) is 2.70. The maximum atomic E-state index is 13.1. The van der Waals surface area contributed by atoms with Crippen molar-refractivity contribution in [2.24, 2.45) is 0 Å². The number of aromatic nitrogens is 2. The van der Waals surface area contributed by atoms with Crippen molar-refractivity contribution in [2.75, 3.05) is 23.5 Å². The van der Waals surface area contributed by atoms with E-state index in [0.29, 0.717) is 6.07 Å². The Morgan fingerprint density at radius 2 is 2.03 bits per heavy atom. The second-order valence-corrected chi connectivity index (χ2v) is 6.32. The fourth-order valence-electron chi connectivity index (χ4n) is 2.83. The molecule has 1 aliphatic heterocycles. The third-order valence-corrected chi connectivity index (χ3v) is 4.25. The first-order valence-electron chi connectivity index (χ1n) is 8.40. The Balaban J connectivity index is 1.95. The van der Waals surface area contributed by atoms with Gasteiger partial charge in [0.05, 0.1) is 5.56 Å². The molecule has 1 atom stereocenters. The summed E-state index contributed by atoms with van der Waals surface area (Å²) in [7, 11) is 1.26. The Labute approximate surface area is 167 Å². The number of nitrogens with zero attached hydrogens (tertiary/aromatic N) is 5. The van der Waals surface area contributed by atoms with E-state index in [-0.39, 0.29) is 11.5 Å². The Morgan fingerprint density at radius 3 is 2.67 bits per heavy atom. The number of hydrogen-bond donors (Lipinski definition) is 0. The fraction of sp³-hybridized carbons (Fsp3) is 0.294. The minimum Gasteiger partial charge on any atom is -0.446 e. The smallest absolute Gasteiger partial charge is 0.416 e. The van der Waals surface area contributed by atoms with Gasteiger partial charge in [-0.2, -0.15) is 13.2 Å². The van der Waals surface area contributed by atoms with Crippen molar-refractivity contribution in [2.45, 2.75) is 19.1 Å². The van der Waals surface area contributed by atoms with Crippen LogP contribution in [0.5, 0.6) is 0 Å². The third-order valence-electron chi connectivity index (χ3n) is 4.25. The number of rotatable bonds is 4. The normalized spacial score (nSPS) is 16.4. The first kappa shape index (κ1) is 21.0. The molecular formula is C17H14F3N5O5. The van der Waals surface area contributed by atoms with Crippen LogP contribution in [0.3, 0.4) is 0 Å². The summed E-state index contributed by atoms with van der Waals surface area (Å²) in [5.41, 5.74) is -1.05. The van der Waals surface area contributed by atoms with Gasteiger partial charge in [0, 0.05) is 24.9 Å². The lowest BCUT2D eigenvalue weighted by Crippen LogP contribution is -2.47. The molecule has 0 spiro atoms. The quantitative estimate of drug-likeness (QED) is 0.546. The van der Waals surface area contributed by atoms with Crippen LogP contribution in [-0.2, 0) is 15.7 Å². The maximum absolute atomic E-state index is 13.1. The molecule has 0 saturated carbocycles. The van der Waals surface area contributed by atoms with Crippen molar-refractivity contribution < 1.29 is 32.4 Å². The summed E-state index contributed by atoms with van der Waals surface area (Å²) < 4.78 is 44.3. The third kappa shape index (κ3) is 3.99. The molecule has 158 valence electrons. The van der Waals surface area contributed by atoms with Crippen LogP contribution < -0.4 is 9.80 Å². The summed E-state index contributed by atoms with van der Waals surface area (Å²) in [5.74, 6) is -1.76. The van der Waals surface area contributed by atoms with E-state index in [9.17, 15) is 32.9 Å². The molecule has 30 heavy (non-hydrogen) atoms. The van der Waals surface area contributed by atoms with E-state index in [4.69, 9.17) is 4.74 Å². The second-order valence-electron chi connectivity index (χ2n) is 6.32. The highest BCUT2D eigenvalue weighted by molar-refractivity contribution is 6.05. The number of halogens is 3. The molecule has 0 bridgehead atoms. The van der Waals surface area contributed by atoms with Gasteiger partial charge < -0.3 is 14.9 Å². The Bertz CT molecular complexity index is 1030. The van der Waals surface area contributed by atoms with Gasteiger partial charge in [-0.25, -0.2) is 14.7 Å². The van der Waals surface area contributed by atoms with Crippen molar-refractivity contribution >= 4 is 29.5 Å². The average Bonchev–Trinajstić information content (AvgIpc) is 3.07. The lowest BCUT2D eigenvalue weighted by atomic mass is 10.2. The highest BCUT2D eigenvalue weighted by Crippen LogP contribution is 2.33. The topological polar surface area (TPSA) is 119 Å². The molecule has 3 heterocycles. The average molecular weight is 425 g/mol. The van der Waals surface area contributed by atoms with Crippen molar-refractivity contribution in [3.63, 3.8) is 0 Å². The van der Waals surface area contributed by atoms with Gasteiger partial charge in [0.2, 0.25) is 5.82 Å². The zero-order valence-electron chi connectivity index (χ0n) is 15.6. The van der Waals surface area contributed by atoms with E-state index in [1.807, 2.05) is 0 Å². The molecule has 0 aromatic carbocycles. The summed E-state index contributed by atoms with van der Waals surface area (Å²) in [5, 5.41) is 10.9. The van der Waals surface area contributed by atoms with Crippen molar-refractivity contribution in [3.8, 4) is 0 Å². The molecule has 2 aromatic rings. The highest BCUT2D eigenvalue weighted by Gasteiger charge is 2.43. The number of carbonyl (C=O) groups excluding carboxylic acids is 2. The van der Waals surface area contributed by atoms with Crippen molar-refractivity contribution in [1.82, 2.24) is 9.97 Å². The van der Waals surface area contributed by atoms with Crippen LogP contribution in [-0.4, -0.2) is 46.6 Å². The Hall–Kier alpha value is -3.77. The number of aryl methyl sites for hydroxylation is 1. The van der Waals surface area contributed by atoms with Gasteiger partial charge in [-0.05, 0) is 35.0 Å². The van der Waals surface area contributed by atoms with E-state index in [1.165, 1.54) is 26.1 Å². The number of amides is 2. The number of carbonyl (C=O) groups is 2. The molecule has 2 aromatic heterocycles. The number of pyridine rings is 2. The summed E-state index contributed by atoms with van der Waals surface area (Å²) in [6.07, 6.45) is -5.73. The predicted molar refractivity (Wildman–Crippen MR) is 95.9 cm³/mol. The SMILES string of the molecule is Cc1cc(C(F)(F)F)cc(N2C(=O)OCC2C(=O)N(C)c2cccc([N+](=O)[O-])n2)n1. The van der Waals surface area contributed by atoms with Gasteiger partial charge >= 0.3 is 18.1 Å². The molecule has 1 fully saturated rings. The summed E-state index contributed by atoms with van der Waals surface area (Å²) in [6, 6.07) is 3.90. The van der Waals surface area contributed by atoms with Gasteiger partial charge in [0.25, 0.3) is 5.91 Å². The van der Waals surface area contributed by atoms with E-state index < -0.39 is 52.9 Å². The van der Waals surface area contributed by atoms with Crippen LogP contribution in [0.15, 0.2) is 30.3 Å². The summed E-state index contributed by atoms with van der Waals surface area (Å²) in [6.45, 7) is 0.879. The lowest BCUT2D eigenvalue weighted by Gasteiger charge is -2.24. The fourth-order valence-corrected chi connectivity index (χ4v) is 2.83. The van der Waals surface area contributed by atoms with E-state index in [0.717, 1.165) is 21.9 Å². The first-order chi connectivity index (χ1) is 14.0. The minimum atomic E-state index is -4.69. The zero-order valence-corrected chi connectivity index (χ0v) is 15.6. The van der Waals surface area contributed by atoms with Crippen LogP contribution in [0.25, 0.3) is 0 Å². The highest BCUT2D eigenvalue weighted by atomic mass is 19.4. The number of cyclic esters (lactones) is 1. The van der Waals surface area contributed by atoms with E-state index in [2.05, 4.69) is 9.97 Å². The molecule has 3 rings (SSSR count). The lowest BCUT2D eigenvalue weighted by molar-refractivity contribution is -0.389. The van der Waals surface area contributed by atoms with Crippen LogP contribution in [0, 0.1) is 17.0 Å². The summed E-state index contributed by atoms with van der Waals surface area (Å²) in [4.78, 5) is 44.6. The molecular weight excluding hydrogens is 411 g/mol. The monoisotopic (exact) mass is 425 g/mol. The van der Waals surface area contributed by atoms with Crippen molar-refractivity contribution in [1.29, 1.82) is 0 Å². The molecule has 0 aliphatic carbocycles. The van der Waals surface area contributed by atoms with E-state index >= 15 is 0 Å². The van der Waals surface area contributed by atoms with Gasteiger partial charge in [-0.1, -0.05) is 0 Å². The largest absolute Gasteiger partial charge is 0.446 e. The number of likely N-dealkylation sites (N-methyl/N-ethyl adjacent to an activating group) is 1. The Morgan fingerprint density at radius 1 is 1.33 bits per heavy atom. The van der Waals surface area contributed by atoms with Gasteiger partial charge in [-0.15, -0.1) is 0 Å². The number of nitro groups is 1. The molecule has 0 radical (unpaired) electrons. The van der Waals surface area contributed by atoms with Crippen LogP contribution >= 0.6 is 0 Å². The van der Waals surface area contributed by atoms with Gasteiger partial charge in [0.15, 0.2) is 6.04 Å².